The molecule has 3 nitrogen and oxygen atoms in total. The highest BCUT2D eigenvalue weighted by Crippen LogP contribution is 2.31. The van der Waals surface area contributed by atoms with Crippen molar-refractivity contribution in [3.05, 3.63) is 35.0 Å². The SMILES string of the molecule is CC(C)c1ccc2[nH]c3c(c2c1)CCC/C3=N\N. The van der Waals surface area contributed by atoms with Crippen molar-refractivity contribution in [2.24, 2.45) is 10.9 Å². The van der Waals surface area contributed by atoms with E-state index < -0.39 is 0 Å². The average molecular weight is 241 g/mol. The Morgan fingerprint density at radius 2 is 2.11 bits per heavy atom. The van der Waals surface area contributed by atoms with Crippen molar-refractivity contribution in [1.29, 1.82) is 0 Å². The molecule has 0 radical (unpaired) electrons. The fraction of sp³-hybridized carbons (Fsp3) is 0.400. The van der Waals surface area contributed by atoms with Gasteiger partial charge < -0.3 is 10.8 Å². The number of H-pyrrole nitrogens is 1. The van der Waals surface area contributed by atoms with Crippen LogP contribution in [0.4, 0.5) is 0 Å². The van der Waals surface area contributed by atoms with Crippen molar-refractivity contribution in [2.75, 3.05) is 0 Å². The number of benzene rings is 1. The first kappa shape index (κ1) is 11.3. The van der Waals surface area contributed by atoms with Crippen LogP contribution in [0.15, 0.2) is 23.3 Å². The number of aromatic amines is 1. The van der Waals surface area contributed by atoms with E-state index >= 15 is 0 Å². The highest BCUT2D eigenvalue weighted by atomic mass is 15.1. The van der Waals surface area contributed by atoms with Crippen LogP contribution < -0.4 is 5.84 Å². The van der Waals surface area contributed by atoms with Gasteiger partial charge in [-0.15, -0.1) is 0 Å². The summed E-state index contributed by atoms with van der Waals surface area (Å²) in [5.74, 6) is 6.05. The zero-order valence-electron chi connectivity index (χ0n) is 11.0. The Bertz CT molecular complexity index is 620. The Morgan fingerprint density at radius 1 is 1.28 bits per heavy atom. The van der Waals surface area contributed by atoms with E-state index in [9.17, 15) is 0 Å². The molecule has 1 heterocycles. The molecule has 3 N–H and O–H groups in total. The van der Waals surface area contributed by atoms with Crippen LogP contribution in [0.5, 0.6) is 0 Å². The van der Waals surface area contributed by atoms with Gasteiger partial charge in [0.1, 0.15) is 0 Å². The second-order valence-electron chi connectivity index (χ2n) is 5.37. The van der Waals surface area contributed by atoms with Gasteiger partial charge in [0.15, 0.2) is 0 Å². The second-order valence-corrected chi connectivity index (χ2v) is 5.37. The van der Waals surface area contributed by atoms with Crippen LogP contribution in [0, 0.1) is 0 Å². The Balaban J connectivity index is 2.24. The fourth-order valence-corrected chi connectivity index (χ4v) is 2.82. The molecular formula is C15H19N3. The lowest BCUT2D eigenvalue weighted by atomic mass is 9.92. The maximum atomic E-state index is 5.49. The maximum absolute atomic E-state index is 5.49. The number of hydrogen-bond donors (Lipinski definition) is 2. The largest absolute Gasteiger partial charge is 0.353 e. The molecule has 3 heteroatoms. The summed E-state index contributed by atoms with van der Waals surface area (Å²) in [5, 5.41) is 5.27. The van der Waals surface area contributed by atoms with Gasteiger partial charge in [0, 0.05) is 10.9 Å². The van der Waals surface area contributed by atoms with E-state index in [1.54, 1.807) is 0 Å². The molecule has 0 saturated carbocycles. The third kappa shape index (κ3) is 1.62. The first-order valence-corrected chi connectivity index (χ1v) is 6.62. The summed E-state index contributed by atoms with van der Waals surface area (Å²) in [7, 11) is 0. The molecule has 0 fully saturated rings. The smallest absolute Gasteiger partial charge is 0.0837 e. The summed E-state index contributed by atoms with van der Waals surface area (Å²) >= 11 is 0. The molecule has 1 aromatic carbocycles. The maximum Gasteiger partial charge on any atom is 0.0837 e. The molecule has 0 bridgehead atoms. The topological polar surface area (TPSA) is 54.2 Å². The van der Waals surface area contributed by atoms with E-state index in [-0.39, 0.29) is 0 Å². The standard InChI is InChI=1S/C15H19N3/c1-9(2)10-6-7-13-12(8-10)11-4-3-5-14(18-16)15(11)17-13/h6-9,17H,3-5,16H2,1-2H3/b18-14+. The van der Waals surface area contributed by atoms with Crippen LogP contribution in [0.2, 0.25) is 0 Å². The number of aromatic nitrogens is 1. The van der Waals surface area contributed by atoms with E-state index in [2.05, 4.69) is 42.1 Å². The second kappa shape index (κ2) is 4.16. The van der Waals surface area contributed by atoms with E-state index in [1.807, 2.05) is 0 Å². The number of hydrogen-bond acceptors (Lipinski definition) is 2. The first-order chi connectivity index (χ1) is 8.70. The van der Waals surface area contributed by atoms with Gasteiger partial charge in [-0.3, -0.25) is 0 Å². The van der Waals surface area contributed by atoms with Crippen LogP contribution >= 0.6 is 0 Å². The van der Waals surface area contributed by atoms with Gasteiger partial charge in [-0.1, -0.05) is 19.9 Å². The number of hydrazone groups is 1. The normalized spacial score (nSPS) is 17.6. The van der Waals surface area contributed by atoms with Gasteiger partial charge >= 0.3 is 0 Å². The summed E-state index contributed by atoms with van der Waals surface area (Å²) in [6.07, 6.45) is 3.24. The highest BCUT2D eigenvalue weighted by molar-refractivity contribution is 6.06. The van der Waals surface area contributed by atoms with Crippen molar-refractivity contribution >= 4 is 16.6 Å². The van der Waals surface area contributed by atoms with E-state index in [0.29, 0.717) is 5.92 Å². The Labute approximate surface area is 107 Å². The van der Waals surface area contributed by atoms with Crippen LogP contribution in [-0.2, 0) is 6.42 Å². The van der Waals surface area contributed by atoms with Gasteiger partial charge in [0.2, 0.25) is 0 Å². The highest BCUT2D eigenvalue weighted by Gasteiger charge is 2.20. The molecule has 1 aromatic heterocycles. The lowest BCUT2D eigenvalue weighted by Gasteiger charge is -2.13. The zero-order chi connectivity index (χ0) is 12.7. The zero-order valence-corrected chi connectivity index (χ0v) is 11.0. The summed E-state index contributed by atoms with van der Waals surface area (Å²) in [4.78, 5) is 3.47. The number of fused-ring (bicyclic) bond motifs is 3. The predicted octanol–water partition coefficient (Wildman–Crippen LogP) is 3.29. The molecule has 3 rings (SSSR count). The minimum atomic E-state index is 0.561. The van der Waals surface area contributed by atoms with Crippen LogP contribution in [0.1, 0.15) is 49.4 Å². The molecule has 0 spiro atoms. The van der Waals surface area contributed by atoms with Gasteiger partial charge in [0.25, 0.3) is 0 Å². The molecule has 18 heavy (non-hydrogen) atoms. The van der Waals surface area contributed by atoms with Gasteiger partial charge in [-0.2, -0.15) is 5.10 Å². The van der Waals surface area contributed by atoms with Crippen molar-refractivity contribution < 1.29 is 0 Å². The van der Waals surface area contributed by atoms with Crippen molar-refractivity contribution in [3.63, 3.8) is 0 Å². The predicted molar refractivity (Wildman–Crippen MR) is 76.1 cm³/mol. The van der Waals surface area contributed by atoms with Crippen molar-refractivity contribution in [1.82, 2.24) is 4.98 Å². The van der Waals surface area contributed by atoms with Crippen molar-refractivity contribution in [3.8, 4) is 0 Å². The Morgan fingerprint density at radius 3 is 2.83 bits per heavy atom. The molecule has 2 aromatic rings. The minimum Gasteiger partial charge on any atom is -0.353 e. The molecule has 0 atom stereocenters. The summed E-state index contributed by atoms with van der Waals surface area (Å²) in [5.41, 5.74) is 6.15. The van der Waals surface area contributed by atoms with Crippen LogP contribution in [-0.4, -0.2) is 10.7 Å². The number of nitrogens with zero attached hydrogens (tertiary/aromatic N) is 1. The van der Waals surface area contributed by atoms with Crippen LogP contribution in [0.3, 0.4) is 0 Å². The molecule has 94 valence electrons. The molecule has 0 unspecified atom stereocenters. The summed E-state index contributed by atoms with van der Waals surface area (Å²) in [6, 6.07) is 6.69. The molecule has 0 aliphatic heterocycles. The molecule has 1 aliphatic carbocycles. The molecule has 0 saturated heterocycles. The number of rotatable bonds is 1. The molecule has 0 amide bonds. The average Bonchev–Trinajstić information content (AvgIpc) is 2.76. The summed E-state index contributed by atoms with van der Waals surface area (Å²) < 4.78 is 0. The number of nitrogens with one attached hydrogen (secondary N) is 1. The molecular weight excluding hydrogens is 222 g/mol. The fourth-order valence-electron chi connectivity index (χ4n) is 2.82. The first-order valence-electron chi connectivity index (χ1n) is 6.62. The summed E-state index contributed by atoms with van der Waals surface area (Å²) in [6.45, 7) is 4.46. The van der Waals surface area contributed by atoms with E-state index in [4.69, 9.17) is 5.84 Å². The van der Waals surface area contributed by atoms with Gasteiger partial charge in [0.05, 0.1) is 11.4 Å². The van der Waals surface area contributed by atoms with Crippen molar-refractivity contribution in [2.45, 2.75) is 39.0 Å². The lowest BCUT2D eigenvalue weighted by molar-refractivity contribution is 0.836. The van der Waals surface area contributed by atoms with Crippen LogP contribution in [0.25, 0.3) is 10.9 Å². The number of nitrogens with two attached hydrogens (primary N) is 1. The van der Waals surface area contributed by atoms with E-state index in [0.717, 1.165) is 30.7 Å². The van der Waals surface area contributed by atoms with Gasteiger partial charge in [-0.05, 0) is 48.4 Å². The lowest BCUT2D eigenvalue weighted by Crippen LogP contribution is -2.12. The monoisotopic (exact) mass is 241 g/mol. The molecule has 1 aliphatic rings. The third-order valence-corrected chi connectivity index (χ3v) is 3.88. The quantitative estimate of drug-likeness (QED) is 0.584. The minimum absolute atomic E-state index is 0.561. The Hall–Kier alpha value is -1.77. The Kier molecular flexibility index (Phi) is 2.62. The van der Waals surface area contributed by atoms with Gasteiger partial charge in [-0.25, -0.2) is 0 Å². The third-order valence-electron chi connectivity index (χ3n) is 3.88. The van der Waals surface area contributed by atoms with E-state index in [1.165, 1.54) is 22.0 Å². The number of aryl methyl sites for hydroxylation is 1.